The van der Waals surface area contributed by atoms with Crippen LogP contribution < -0.4 is 5.32 Å². The van der Waals surface area contributed by atoms with E-state index < -0.39 is 17.8 Å². The van der Waals surface area contributed by atoms with E-state index in [4.69, 9.17) is 39.5 Å². The van der Waals surface area contributed by atoms with Crippen LogP contribution >= 0.6 is 34.8 Å². The topological polar surface area (TPSA) is 108 Å². The molecule has 1 atom stereocenters. The van der Waals surface area contributed by atoms with Crippen LogP contribution in [-0.4, -0.2) is 34.6 Å². The summed E-state index contributed by atoms with van der Waals surface area (Å²) < 4.78 is 4.91. The molecule has 0 aliphatic rings. The number of benzene rings is 1. The maximum absolute atomic E-state index is 12.1. The lowest BCUT2D eigenvalue weighted by atomic mass is 10.0. The maximum Gasteiger partial charge on any atom is 0.336 e. The lowest BCUT2D eigenvalue weighted by molar-refractivity contribution is -0.146. The highest BCUT2D eigenvalue weighted by Crippen LogP contribution is 2.46. The lowest BCUT2D eigenvalue weighted by Gasteiger charge is -2.21. The molecule has 0 spiro atoms. The summed E-state index contributed by atoms with van der Waals surface area (Å²) in [5.74, 6) is -1.29. The Balaban J connectivity index is 2.72. The van der Waals surface area contributed by atoms with Crippen molar-refractivity contribution in [1.82, 2.24) is 10.2 Å². The average Bonchev–Trinajstić information content (AvgIpc) is 3.11. The molecule has 0 saturated heterocycles. The van der Waals surface area contributed by atoms with Gasteiger partial charge in [-0.1, -0.05) is 34.8 Å². The number of anilines is 1. The molecule has 1 aromatic carbocycles. The van der Waals surface area contributed by atoms with Crippen molar-refractivity contribution in [1.29, 1.82) is 5.26 Å². The van der Waals surface area contributed by atoms with E-state index in [0.29, 0.717) is 5.56 Å². The first kappa shape index (κ1) is 20.0. The number of halogens is 3. The SMILES string of the molecule is CCOC(=O)C(Nc1c(C#N)c(Cl)c(Cl)c(Cl)c1-c1cn[nH]c1)C(C)=O. The van der Waals surface area contributed by atoms with E-state index in [1.54, 1.807) is 6.92 Å². The standard InChI is InChI=1S/C16H13Cl3N4O3/c1-3-26-16(25)14(7(2)24)23-15-9(4-20)11(17)13(19)12(18)10(15)8-5-21-22-6-8/h5-6,14,23H,3H2,1-2H3,(H,21,22). The number of hydrogen-bond acceptors (Lipinski definition) is 6. The zero-order valence-corrected chi connectivity index (χ0v) is 16.0. The average molecular weight is 416 g/mol. The van der Waals surface area contributed by atoms with Crippen molar-refractivity contribution >= 4 is 52.2 Å². The number of rotatable bonds is 6. The number of carbonyl (C=O) groups is 2. The number of aromatic amines is 1. The van der Waals surface area contributed by atoms with E-state index in [-0.39, 0.29) is 38.5 Å². The fourth-order valence-electron chi connectivity index (χ4n) is 2.26. The number of ketones is 1. The summed E-state index contributed by atoms with van der Waals surface area (Å²) in [6.07, 6.45) is 2.97. The van der Waals surface area contributed by atoms with Gasteiger partial charge >= 0.3 is 5.97 Å². The molecule has 10 heteroatoms. The number of carbonyl (C=O) groups excluding carboxylic acids is 2. The first-order chi connectivity index (χ1) is 12.3. The number of nitrogens with one attached hydrogen (secondary N) is 2. The molecule has 1 aromatic heterocycles. The van der Waals surface area contributed by atoms with E-state index in [1.807, 2.05) is 6.07 Å². The molecule has 0 fully saturated rings. The molecular weight excluding hydrogens is 403 g/mol. The van der Waals surface area contributed by atoms with Gasteiger partial charge in [-0.15, -0.1) is 0 Å². The molecule has 0 saturated carbocycles. The number of nitriles is 1. The van der Waals surface area contributed by atoms with Crippen LogP contribution in [-0.2, 0) is 14.3 Å². The summed E-state index contributed by atoms with van der Waals surface area (Å²) >= 11 is 18.6. The van der Waals surface area contributed by atoms with Gasteiger partial charge in [-0.25, -0.2) is 4.79 Å². The minimum atomic E-state index is -1.35. The summed E-state index contributed by atoms with van der Waals surface area (Å²) in [6, 6.07) is 0.572. The zero-order valence-electron chi connectivity index (χ0n) is 13.7. The van der Waals surface area contributed by atoms with Crippen LogP contribution in [0.4, 0.5) is 5.69 Å². The lowest BCUT2D eigenvalue weighted by Crippen LogP contribution is -2.38. The van der Waals surface area contributed by atoms with Crippen molar-refractivity contribution < 1.29 is 14.3 Å². The number of esters is 1. The first-order valence-corrected chi connectivity index (χ1v) is 8.50. The molecular formula is C16H13Cl3N4O3. The number of ether oxygens (including phenoxy) is 1. The van der Waals surface area contributed by atoms with Crippen LogP contribution in [0.25, 0.3) is 11.1 Å². The Bertz CT molecular complexity index is 891. The van der Waals surface area contributed by atoms with E-state index >= 15 is 0 Å². The van der Waals surface area contributed by atoms with Gasteiger partial charge in [0.25, 0.3) is 0 Å². The predicted octanol–water partition coefficient (Wildman–Crippen LogP) is 3.84. The third-order valence-corrected chi connectivity index (χ3v) is 4.77. The highest BCUT2D eigenvalue weighted by molar-refractivity contribution is 6.50. The highest BCUT2D eigenvalue weighted by atomic mass is 35.5. The molecule has 1 unspecified atom stereocenters. The predicted molar refractivity (Wildman–Crippen MR) is 98.5 cm³/mol. The van der Waals surface area contributed by atoms with Crippen LogP contribution in [0.1, 0.15) is 19.4 Å². The second kappa shape index (κ2) is 8.41. The van der Waals surface area contributed by atoms with Gasteiger partial charge in [0, 0.05) is 17.3 Å². The second-order valence-electron chi connectivity index (χ2n) is 5.11. The van der Waals surface area contributed by atoms with E-state index in [1.165, 1.54) is 19.3 Å². The van der Waals surface area contributed by atoms with Gasteiger partial charge in [0.15, 0.2) is 11.8 Å². The molecule has 0 amide bonds. The van der Waals surface area contributed by atoms with Gasteiger partial charge in [0.05, 0.1) is 39.1 Å². The van der Waals surface area contributed by atoms with E-state index in [2.05, 4.69) is 15.5 Å². The Morgan fingerprint density at radius 2 is 2.04 bits per heavy atom. The number of aromatic nitrogens is 2. The molecule has 26 heavy (non-hydrogen) atoms. The van der Waals surface area contributed by atoms with E-state index in [9.17, 15) is 14.9 Å². The van der Waals surface area contributed by atoms with Crippen molar-refractivity contribution in [2.75, 3.05) is 11.9 Å². The number of hydrogen-bond donors (Lipinski definition) is 2. The molecule has 0 aliphatic carbocycles. The summed E-state index contributed by atoms with van der Waals surface area (Å²) in [5.41, 5.74) is 0.787. The van der Waals surface area contributed by atoms with Crippen molar-refractivity contribution in [2.24, 2.45) is 0 Å². The van der Waals surface area contributed by atoms with Crippen molar-refractivity contribution in [3.05, 3.63) is 33.0 Å². The van der Waals surface area contributed by atoms with Gasteiger partial charge < -0.3 is 10.1 Å². The monoisotopic (exact) mass is 414 g/mol. The van der Waals surface area contributed by atoms with Crippen molar-refractivity contribution in [2.45, 2.75) is 19.9 Å². The van der Waals surface area contributed by atoms with Crippen LogP contribution in [0, 0.1) is 11.3 Å². The molecule has 1 heterocycles. The smallest absolute Gasteiger partial charge is 0.336 e. The molecule has 0 bridgehead atoms. The third kappa shape index (κ3) is 3.78. The second-order valence-corrected chi connectivity index (χ2v) is 6.24. The summed E-state index contributed by atoms with van der Waals surface area (Å²) in [7, 11) is 0. The summed E-state index contributed by atoms with van der Waals surface area (Å²) in [6.45, 7) is 2.92. The largest absolute Gasteiger partial charge is 0.464 e. The zero-order chi connectivity index (χ0) is 19.4. The fourth-order valence-corrected chi connectivity index (χ4v) is 3.03. The molecule has 0 radical (unpaired) electrons. The minimum absolute atomic E-state index is 0.0258. The highest BCUT2D eigenvalue weighted by Gasteiger charge is 2.30. The molecule has 2 rings (SSSR count). The summed E-state index contributed by atoms with van der Waals surface area (Å²) in [4.78, 5) is 24.1. The van der Waals surface area contributed by atoms with Gasteiger partial charge in [-0.05, 0) is 13.8 Å². The quantitative estimate of drug-likeness (QED) is 0.421. The molecule has 2 aromatic rings. The van der Waals surface area contributed by atoms with Gasteiger partial charge in [0.1, 0.15) is 6.07 Å². The number of nitrogens with zero attached hydrogens (tertiary/aromatic N) is 2. The van der Waals surface area contributed by atoms with E-state index in [0.717, 1.165) is 0 Å². The third-order valence-electron chi connectivity index (χ3n) is 3.44. The van der Waals surface area contributed by atoms with Crippen molar-refractivity contribution in [3.63, 3.8) is 0 Å². The van der Waals surface area contributed by atoms with Crippen LogP contribution in [0.2, 0.25) is 15.1 Å². The molecule has 0 aliphatic heterocycles. The Morgan fingerprint density at radius 3 is 2.54 bits per heavy atom. The molecule has 7 nitrogen and oxygen atoms in total. The van der Waals surface area contributed by atoms with Gasteiger partial charge in [-0.3, -0.25) is 9.89 Å². The molecule has 136 valence electrons. The van der Waals surface area contributed by atoms with Crippen LogP contribution in [0.5, 0.6) is 0 Å². The Labute approximate surface area is 164 Å². The number of Topliss-reactive ketones (excluding diaryl/α,β-unsaturated/α-hetero) is 1. The maximum atomic E-state index is 12.1. The Kier molecular flexibility index (Phi) is 6.48. The molecule has 2 N–H and O–H groups in total. The number of H-pyrrole nitrogens is 1. The van der Waals surface area contributed by atoms with Crippen LogP contribution in [0.15, 0.2) is 12.4 Å². The normalized spacial score (nSPS) is 11.5. The summed E-state index contributed by atoms with van der Waals surface area (Å²) in [5, 5.41) is 18.6. The first-order valence-electron chi connectivity index (χ1n) is 7.36. The van der Waals surface area contributed by atoms with Crippen molar-refractivity contribution in [3.8, 4) is 17.2 Å². The minimum Gasteiger partial charge on any atom is -0.464 e. The Hall–Kier alpha value is -2.27. The Morgan fingerprint density at radius 1 is 1.35 bits per heavy atom. The van der Waals surface area contributed by atoms with Gasteiger partial charge in [-0.2, -0.15) is 10.4 Å². The van der Waals surface area contributed by atoms with Gasteiger partial charge in [0.2, 0.25) is 0 Å². The van der Waals surface area contributed by atoms with Crippen LogP contribution in [0.3, 0.4) is 0 Å². The fraction of sp³-hybridized carbons (Fsp3) is 0.250.